The Morgan fingerprint density at radius 1 is 1.07 bits per heavy atom. The molecule has 0 aliphatic carbocycles. The molecule has 4 aromatic rings. The molecule has 0 amide bonds. The van der Waals surface area contributed by atoms with Gasteiger partial charge < -0.3 is 0 Å². The fourth-order valence-corrected chi connectivity index (χ4v) is 6.35. The molecule has 0 aliphatic heterocycles. The van der Waals surface area contributed by atoms with Gasteiger partial charge in [-0.15, -0.1) is 11.3 Å². The minimum absolute atomic E-state index is 0.149. The van der Waals surface area contributed by atoms with Gasteiger partial charge in [0.2, 0.25) is 0 Å². The molecule has 4 rings (SSSR count). The van der Waals surface area contributed by atoms with Crippen molar-refractivity contribution in [2.24, 2.45) is 14.1 Å². The van der Waals surface area contributed by atoms with Gasteiger partial charge in [0.1, 0.15) is 15.6 Å². The van der Waals surface area contributed by atoms with Crippen LogP contribution in [-0.4, -0.2) is 37.2 Å². The van der Waals surface area contributed by atoms with Gasteiger partial charge in [-0.05, 0) is 28.1 Å². The van der Waals surface area contributed by atoms with E-state index in [1.807, 2.05) is 0 Å². The van der Waals surface area contributed by atoms with Crippen LogP contribution in [0.2, 0.25) is 5.02 Å². The molecule has 4 aromatic heterocycles. The Hall–Kier alpha value is -1.95. The molecule has 0 unspecified atom stereocenters. The molecule has 0 aromatic carbocycles. The van der Waals surface area contributed by atoms with E-state index in [1.54, 1.807) is 54.3 Å². The lowest BCUT2D eigenvalue weighted by atomic mass is 10.2. The van der Waals surface area contributed by atoms with E-state index in [0.717, 1.165) is 15.4 Å². The number of hydrogen-bond donors (Lipinski definition) is 0. The van der Waals surface area contributed by atoms with Gasteiger partial charge in [-0.25, -0.2) is 0 Å². The van der Waals surface area contributed by atoms with Crippen LogP contribution in [0.1, 0.15) is 0 Å². The van der Waals surface area contributed by atoms with E-state index >= 15 is 0 Å². The molecule has 0 fully saturated rings. The van der Waals surface area contributed by atoms with Crippen LogP contribution >= 0.6 is 38.9 Å². The molecule has 4 heterocycles. The first-order valence-electron chi connectivity index (χ1n) is 7.55. The summed E-state index contributed by atoms with van der Waals surface area (Å²) < 4.78 is 31.5. The quantitative estimate of drug-likeness (QED) is 0.440. The average Bonchev–Trinajstić information content (AvgIpc) is 3.36. The molecule has 12 heteroatoms. The summed E-state index contributed by atoms with van der Waals surface area (Å²) in [6, 6.07) is 3.20. The van der Waals surface area contributed by atoms with Crippen LogP contribution in [0.3, 0.4) is 0 Å². The lowest BCUT2D eigenvalue weighted by molar-refractivity contribution is 0.583. The van der Waals surface area contributed by atoms with Gasteiger partial charge in [-0.1, -0.05) is 11.6 Å². The van der Waals surface area contributed by atoms with Crippen molar-refractivity contribution in [2.45, 2.75) is 4.21 Å². The Labute approximate surface area is 172 Å². The largest absolute Gasteiger partial charge is 0.293 e. The van der Waals surface area contributed by atoms with Crippen molar-refractivity contribution in [2.75, 3.05) is 0 Å². The van der Waals surface area contributed by atoms with Gasteiger partial charge in [0.15, 0.2) is 0 Å². The van der Waals surface area contributed by atoms with Crippen molar-refractivity contribution in [1.82, 2.24) is 28.7 Å². The number of aryl methyl sites for hydroxylation is 2. The summed E-state index contributed by atoms with van der Waals surface area (Å²) in [6.45, 7) is 0. The number of hydrogen-bond acceptors (Lipinski definition) is 6. The summed E-state index contributed by atoms with van der Waals surface area (Å²) in [5, 5.41) is 12.8. The molecule has 0 radical (unpaired) electrons. The highest BCUT2D eigenvalue weighted by Gasteiger charge is 2.30. The van der Waals surface area contributed by atoms with Crippen LogP contribution < -0.4 is 0 Å². The Morgan fingerprint density at radius 3 is 2.22 bits per heavy atom. The summed E-state index contributed by atoms with van der Waals surface area (Å²) in [5.74, 6) is 0. The SMILES string of the molecule is Cn1cc(-c2nn(S(=O)(=O)c3ccc(Br)s3)c(-c3cnn(C)c3)c2Cl)cn1. The first kappa shape index (κ1) is 18.4. The second-order valence-corrected chi connectivity index (χ2v) is 10.6. The van der Waals surface area contributed by atoms with E-state index in [-0.39, 0.29) is 14.9 Å². The molecular weight excluding hydrogens is 476 g/mol. The van der Waals surface area contributed by atoms with Crippen LogP contribution in [0.5, 0.6) is 0 Å². The molecule has 0 spiro atoms. The van der Waals surface area contributed by atoms with Gasteiger partial charge in [-0.2, -0.15) is 27.8 Å². The maximum Gasteiger partial charge on any atom is 0.293 e. The molecule has 0 saturated heterocycles. The molecule has 0 atom stereocenters. The molecule has 0 N–H and O–H groups in total. The zero-order chi connectivity index (χ0) is 19.3. The Kier molecular flexibility index (Phi) is 4.49. The van der Waals surface area contributed by atoms with Crippen LogP contribution in [-0.2, 0) is 24.1 Å². The molecule has 27 heavy (non-hydrogen) atoms. The van der Waals surface area contributed by atoms with Gasteiger partial charge in [0.25, 0.3) is 10.0 Å². The van der Waals surface area contributed by atoms with E-state index in [9.17, 15) is 8.42 Å². The summed E-state index contributed by atoms with van der Waals surface area (Å²) in [4.78, 5) is 0. The highest BCUT2D eigenvalue weighted by atomic mass is 79.9. The van der Waals surface area contributed by atoms with Gasteiger partial charge in [0.05, 0.1) is 21.2 Å². The summed E-state index contributed by atoms with van der Waals surface area (Å²) >= 11 is 11.0. The van der Waals surface area contributed by atoms with Crippen molar-refractivity contribution in [1.29, 1.82) is 0 Å². The summed E-state index contributed by atoms with van der Waals surface area (Å²) in [6.07, 6.45) is 6.54. The lowest BCUT2D eigenvalue weighted by Crippen LogP contribution is -2.14. The standard InChI is InChI=1S/C15H12BrClN6O2S2/c1-21-7-9(5-18-21)14-13(17)15(10-6-19-22(2)8-10)23(20-14)27(24,25)12-4-3-11(16)26-12/h3-8H,1-2H3. The highest BCUT2D eigenvalue weighted by Crippen LogP contribution is 2.39. The summed E-state index contributed by atoms with van der Waals surface area (Å²) in [5.41, 5.74) is 1.76. The average molecular weight is 488 g/mol. The fourth-order valence-electron chi connectivity index (χ4n) is 2.58. The Bertz CT molecular complexity index is 1250. The second-order valence-electron chi connectivity index (χ2n) is 5.72. The number of thiophene rings is 1. The maximum atomic E-state index is 13.2. The molecule has 140 valence electrons. The highest BCUT2D eigenvalue weighted by molar-refractivity contribution is 9.11. The molecule has 0 bridgehead atoms. The minimum atomic E-state index is -3.95. The molecule has 0 aliphatic rings. The van der Waals surface area contributed by atoms with Crippen LogP contribution in [0.25, 0.3) is 22.5 Å². The zero-order valence-corrected chi connectivity index (χ0v) is 18.0. The number of nitrogens with zero attached hydrogens (tertiary/aromatic N) is 6. The van der Waals surface area contributed by atoms with Crippen molar-refractivity contribution in [3.05, 3.63) is 45.7 Å². The maximum absolute atomic E-state index is 13.2. The van der Waals surface area contributed by atoms with Crippen LogP contribution in [0, 0.1) is 0 Å². The minimum Gasteiger partial charge on any atom is -0.275 e. The van der Waals surface area contributed by atoms with Gasteiger partial charge in [-0.3, -0.25) is 9.36 Å². The third-order valence-corrected chi connectivity index (χ3v) is 7.81. The van der Waals surface area contributed by atoms with Crippen LogP contribution in [0.15, 0.2) is 44.9 Å². The first-order valence-corrected chi connectivity index (χ1v) is 11.0. The Morgan fingerprint density at radius 2 is 1.70 bits per heavy atom. The second kappa shape index (κ2) is 6.59. The lowest BCUT2D eigenvalue weighted by Gasteiger charge is -2.05. The number of rotatable bonds is 4. The third-order valence-electron chi connectivity index (χ3n) is 3.79. The first-order chi connectivity index (χ1) is 12.8. The van der Waals surface area contributed by atoms with Gasteiger partial charge in [0, 0.05) is 37.6 Å². The normalized spacial score (nSPS) is 12.0. The summed E-state index contributed by atoms with van der Waals surface area (Å²) in [7, 11) is -0.444. The van der Waals surface area contributed by atoms with E-state index in [0.29, 0.717) is 20.6 Å². The van der Waals surface area contributed by atoms with Crippen LogP contribution in [0.4, 0.5) is 0 Å². The fraction of sp³-hybridized carbons (Fsp3) is 0.133. The van der Waals surface area contributed by atoms with E-state index in [4.69, 9.17) is 11.6 Å². The number of halogens is 2. The van der Waals surface area contributed by atoms with E-state index < -0.39 is 10.0 Å². The third kappa shape index (κ3) is 3.14. The Balaban J connectivity index is 2.00. The predicted octanol–water partition coefficient (Wildman–Crippen LogP) is 3.40. The smallest absolute Gasteiger partial charge is 0.275 e. The van der Waals surface area contributed by atoms with Crippen molar-refractivity contribution >= 4 is 48.9 Å². The predicted molar refractivity (Wildman–Crippen MR) is 106 cm³/mol. The van der Waals surface area contributed by atoms with Gasteiger partial charge >= 0.3 is 0 Å². The molecule has 8 nitrogen and oxygen atoms in total. The zero-order valence-electron chi connectivity index (χ0n) is 14.0. The molecular formula is C15H12BrClN6O2S2. The monoisotopic (exact) mass is 486 g/mol. The van der Waals surface area contributed by atoms with Crippen molar-refractivity contribution < 1.29 is 8.42 Å². The topological polar surface area (TPSA) is 87.6 Å². The van der Waals surface area contributed by atoms with E-state index in [2.05, 4.69) is 31.2 Å². The molecule has 0 saturated carbocycles. The van der Waals surface area contributed by atoms with Crippen molar-refractivity contribution in [3.63, 3.8) is 0 Å². The van der Waals surface area contributed by atoms with Crippen molar-refractivity contribution in [3.8, 4) is 22.5 Å². The number of aromatic nitrogens is 6. The van der Waals surface area contributed by atoms with E-state index in [1.165, 1.54) is 6.07 Å².